The number of halogens is 4. The van der Waals surface area contributed by atoms with Gasteiger partial charge in [0.2, 0.25) is 5.95 Å². The number of nitrogens with two attached hydrogens (primary N) is 1. The van der Waals surface area contributed by atoms with Crippen LogP contribution in [0.2, 0.25) is 0 Å². The van der Waals surface area contributed by atoms with Crippen molar-refractivity contribution in [2.75, 3.05) is 6.61 Å². The van der Waals surface area contributed by atoms with Crippen molar-refractivity contribution in [3.05, 3.63) is 89.9 Å². The molecule has 1 aromatic carbocycles. The second-order valence-corrected chi connectivity index (χ2v) is 7.46. The molecule has 1 atom stereocenters. The number of H-pyrrole nitrogens is 1. The van der Waals surface area contributed by atoms with Crippen molar-refractivity contribution in [3.63, 3.8) is 0 Å². The third-order valence-corrected chi connectivity index (χ3v) is 4.65. The van der Waals surface area contributed by atoms with E-state index in [4.69, 9.17) is 20.4 Å². The van der Waals surface area contributed by atoms with E-state index >= 15 is 0 Å². The molecule has 0 saturated heterocycles. The number of alkyl halides is 3. The van der Waals surface area contributed by atoms with Gasteiger partial charge in [-0.2, -0.15) is 17.6 Å². The molecule has 0 saturated carbocycles. The van der Waals surface area contributed by atoms with Crippen LogP contribution in [0, 0.1) is 17.8 Å². The van der Waals surface area contributed by atoms with Crippen LogP contribution in [0.3, 0.4) is 0 Å². The van der Waals surface area contributed by atoms with E-state index in [0.717, 1.165) is 5.52 Å². The van der Waals surface area contributed by atoms with Crippen LogP contribution in [0.4, 0.5) is 17.6 Å². The minimum atomic E-state index is -5.08. The minimum Gasteiger partial charge on any atom is -0.490 e. The van der Waals surface area contributed by atoms with E-state index in [9.17, 15) is 17.6 Å². The number of pyridine rings is 2. The Kier molecular flexibility index (Phi) is 8.59. The van der Waals surface area contributed by atoms with Gasteiger partial charge in [-0.05, 0) is 30.2 Å². The number of fused-ring (bicyclic) bond motifs is 1. The van der Waals surface area contributed by atoms with Crippen LogP contribution in [-0.2, 0) is 11.2 Å². The van der Waals surface area contributed by atoms with E-state index in [1.807, 2.05) is 24.4 Å². The van der Waals surface area contributed by atoms with Gasteiger partial charge in [-0.15, -0.1) is 0 Å². The van der Waals surface area contributed by atoms with Gasteiger partial charge in [0.15, 0.2) is 0 Å². The molecule has 4 rings (SSSR count). The maximum atomic E-state index is 13.1. The number of para-hydroxylation sites is 1. The first-order chi connectivity index (χ1) is 17.1. The molecule has 0 fully saturated rings. The molecule has 0 aliphatic heterocycles. The summed E-state index contributed by atoms with van der Waals surface area (Å²) in [5.74, 6) is 3.11. The summed E-state index contributed by atoms with van der Waals surface area (Å²) in [6.07, 6.45) is 2.24. The summed E-state index contributed by atoms with van der Waals surface area (Å²) >= 11 is 0. The van der Waals surface area contributed by atoms with E-state index in [1.54, 1.807) is 24.5 Å². The maximum Gasteiger partial charge on any atom is 0.490 e. The van der Waals surface area contributed by atoms with Crippen molar-refractivity contribution in [1.82, 2.24) is 15.0 Å². The number of aliphatic carboxylic acids is 1. The number of carboxylic acids is 1. The summed E-state index contributed by atoms with van der Waals surface area (Å²) in [7, 11) is 0. The lowest BCUT2D eigenvalue weighted by Gasteiger charge is -2.13. The highest BCUT2D eigenvalue weighted by Crippen LogP contribution is 2.19. The van der Waals surface area contributed by atoms with E-state index in [1.165, 1.54) is 23.2 Å². The first-order valence-electron chi connectivity index (χ1n) is 10.4. The number of hydrogen-bond donors (Lipinski definition) is 3. The van der Waals surface area contributed by atoms with Crippen LogP contribution in [0.5, 0.6) is 5.75 Å². The van der Waals surface area contributed by atoms with Gasteiger partial charge in [0.05, 0.1) is 6.20 Å². The van der Waals surface area contributed by atoms with Crippen molar-refractivity contribution in [2.45, 2.75) is 18.6 Å². The summed E-state index contributed by atoms with van der Waals surface area (Å²) in [5.41, 5.74) is 9.74. The molecule has 0 aliphatic carbocycles. The van der Waals surface area contributed by atoms with Crippen molar-refractivity contribution < 1.29 is 32.2 Å². The van der Waals surface area contributed by atoms with E-state index in [-0.39, 0.29) is 6.04 Å². The first kappa shape index (κ1) is 26.2. The van der Waals surface area contributed by atoms with Crippen molar-refractivity contribution >= 4 is 16.9 Å². The number of carbonyl (C=O) groups is 1. The number of hydrogen-bond acceptors (Lipinski definition) is 5. The standard InChI is InChI=1S/C23H19FN4O.C2HF3O2/c24-23-10-16(7-8-27-23)5-6-17-9-20(14-26-12-17)29-15-19(25)11-18-13-28-22-4-2-1-3-21(18)22;3-2(4,5)1(6)7/h1-4,7-10,12-14,19,28H,11,15,25H2;(H,6,7)/t19-;/m0./s1. The highest BCUT2D eigenvalue weighted by molar-refractivity contribution is 5.83. The van der Waals surface area contributed by atoms with E-state index < -0.39 is 18.1 Å². The largest absolute Gasteiger partial charge is 0.490 e. The molecule has 186 valence electrons. The lowest BCUT2D eigenvalue weighted by Crippen LogP contribution is -2.30. The molecule has 0 spiro atoms. The average molecular weight is 500 g/mol. The fourth-order valence-corrected chi connectivity index (χ4v) is 3.04. The number of nitrogens with zero attached hydrogens (tertiary/aromatic N) is 2. The molecule has 0 bridgehead atoms. The monoisotopic (exact) mass is 500 g/mol. The Bertz CT molecular complexity index is 1390. The Morgan fingerprint density at radius 3 is 2.58 bits per heavy atom. The molecule has 11 heteroatoms. The van der Waals surface area contributed by atoms with E-state index in [2.05, 4.69) is 32.9 Å². The Balaban J connectivity index is 0.000000454. The zero-order valence-electron chi connectivity index (χ0n) is 18.6. The lowest BCUT2D eigenvalue weighted by molar-refractivity contribution is -0.192. The van der Waals surface area contributed by atoms with Crippen molar-refractivity contribution in [2.24, 2.45) is 5.73 Å². The number of nitrogens with one attached hydrogen (secondary N) is 1. The van der Waals surface area contributed by atoms with Gasteiger partial charge >= 0.3 is 12.1 Å². The van der Waals surface area contributed by atoms with Crippen LogP contribution in [0.1, 0.15) is 16.7 Å². The summed E-state index contributed by atoms with van der Waals surface area (Å²) < 4.78 is 50.7. The molecule has 3 heterocycles. The molecule has 0 amide bonds. The topological polar surface area (TPSA) is 114 Å². The Labute approximate surface area is 203 Å². The summed E-state index contributed by atoms with van der Waals surface area (Å²) in [6, 6.07) is 12.7. The van der Waals surface area contributed by atoms with Gasteiger partial charge in [-0.25, -0.2) is 9.78 Å². The molecule has 0 radical (unpaired) electrons. The molecular formula is C25H20F4N4O3. The molecule has 36 heavy (non-hydrogen) atoms. The molecule has 0 unspecified atom stereocenters. The van der Waals surface area contributed by atoms with Crippen molar-refractivity contribution in [1.29, 1.82) is 0 Å². The minimum absolute atomic E-state index is 0.163. The second-order valence-electron chi connectivity index (χ2n) is 7.46. The molecule has 4 aromatic rings. The molecule has 4 N–H and O–H groups in total. The summed E-state index contributed by atoms with van der Waals surface area (Å²) in [4.78, 5) is 19.8. The van der Waals surface area contributed by atoms with Gasteiger partial charge in [0.1, 0.15) is 12.4 Å². The fourth-order valence-electron chi connectivity index (χ4n) is 3.04. The third-order valence-electron chi connectivity index (χ3n) is 4.65. The van der Waals surface area contributed by atoms with Gasteiger partial charge in [-0.3, -0.25) is 4.98 Å². The number of rotatable bonds is 5. The fraction of sp³-hybridized carbons (Fsp3) is 0.160. The number of aromatic nitrogens is 3. The van der Waals surface area contributed by atoms with Gasteiger partial charge in [0.25, 0.3) is 0 Å². The van der Waals surface area contributed by atoms with Crippen LogP contribution < -0.4 is 10.5 Å². The Hall–Kier alpha value is -4.43. The maximum absolute atomic E-state index is 13.1. The van der Waals surface area contributed by atoms with E-state index in [0.29, 0.717) is 29.9 Å². The zero-order chi connectivity index (χ0) is 26.1. The van der Waals surface area contributed by atoms with Crippen LogP contribution in [0.15, 0.2) is 67.3 Å². The molecule has 7 nitrogen and oxygen atoms in total. The van der Waals surface area contributed by atoms with Gasteiger partial charge in [0, 0.05) is 52.7 Å². The zero-order valence-corrected chi connectivity index (χ0v) is 18.6. The predicted molar refractivity (Wildman–Crippen MR) is 124 cm³/mol. The highest BCUT2D eigenvalue weighted by Gasteiger charge is 2.38. The van der Waals surface area contributed by atoms with Gasteiger partial charge in [-0.1, -0.05) is 30.0 Å². The third kappa shape index (κ3) is 7.82. The molecular weight excluding hydrogens is 480 g/mol. The van der Waals surface area contributed by atoms with Gasteiger partial charge < -0.3 is 20.6 Å². The number of ether oxygens (including phenoxy) is 1. The Morgan fingerprint density at radius 2 is 1.86 bits per heavy atom. The predicted octanol–water partition coefficient (Wildman–Crippen LogP) is 4.08. The number of aromatic amines is 1. The Morgan fingerprint density at radius 1 is 1.14 bits per heavy atom. The number of carboxylic acid groups (broad SMARTS) is 1. The summed E-state index contributed by atoms with van der Waals surface area (Å²) in [5, 5.41) is 8.30. The number of benzene rings is 1. The summed E-state index contributed by atoms with van der Waals surface area (Å²) in [6.45, 7) is 0.355. The second kappa shape index (κ2) is 11.8. The van der Waals surface area contributed by atoms with Crippen LogP contribution >= 0.6 is 0 Å². The normalized spacial score (nSPS) is 11.6. The van der Waals surface area contributed by atoms with Crippen molar-refractivity contribution in [3.8, 4) is 17.6 Å². The molecule has 3 aromatic heterocycles. The highest BCUT2D eigenvalue weighted by atomic mass is 19.4. The smallest absolute Gasteiger partial charge is 0.490 e. The molecule has 0 aliphatic rings. The van der Waals surface area contributed by atoms with Crippen LogP contribution in [0.25, 0.3) is 10.9 Å². The first-order valence-corrected chi connectivity index (χ1v) is 10.4. The lowest BCUT2D eigenvalue weighted by atomic mass is 10.1. The average Bonchev–Trinajstić information content (AvgIpc) is 3.24. The quantitative estimate of drug-likeness (QED) is 0.216. The SMILES string of the molecule is N[C@H](COc1cncc(C#Cc2ccnc(F)c2)c1)Cc1c[nH]c2ccccc12.O=C(O)C(F)(F)F. The van der Waals surface area contributed by atoms with Crippen LogP contribution in [-0.4, -0.2) is 44.9 Å².